The second-order valence-electron chi connectivity index (χ2n) is 8.68. The number of nitro groups is 1. The number of hydrogen-bond acceptors (Lipinski definition) is 7. The first kappa shape index (κ1) is 25.1. The van der Waals surface area contributed by atoms with Crippen LogP contribution in [0.15, 0.2) is 53.4 Å². The number of hydrogen-bond donors (Lipinski definition) is 0. The molecule has 2 aliphatic heterocycles. The molecule has 0 atom stereocenters. The first-order valence-electron chi connectivity index (χ1n) is 11.6. The van der Waals surface area contributed by atoms with E-state index in [1.165, 1.54) is 0 Å². The van der Waals surface area contributed by atoms with Gasteiger partial charge in [-0.05, 0) is 79.7 Å². The molecule has 3 aromatic rings. The third-order valence-corrected chi connectivity index (χ3v) is 7.52. The van der Waals surface area contributed by atoms with Gasteiger partial charge in [0.15, 0.2) is 0 Å². The number of benzene rings is 2. The van der Waals surface area contributed by atoms with E-state index in [0.29, 0.717) is 53.3 Å². The van der Waals surface area contributed by atoms with Crippen LogP contribution in [-0.2, 0) is 9.53 Å². The van der Waals surface area contributed by atoms with Gasteiger partial charge in [0.1, 0.15) is 5.69 Å². The Kier molecular flexibility index (Phi) is 6.80. The maximum absolute atomic E-state index is 13.1. The first-order chi connectivity index (χ1) is 17.7. The van der Waals surface area contributed by atoms with Gasteiger partial charge in [0.05, 0.1) is 34.4 Å². The van der Waals surface area contributed by atoms with Crippen molar-refractivity contribution in [3.8, 4) is 5.69 Å². The lowest BCUT2D eigenvalue weighted by atomic mass is 10.2. The summed E-state index contributed by atoms with van der Waals surface area (Å²) in [6.07, 6.45) is 1.69. The number of thioether (sulfide) groups is 1. The van der Waals surface area contributed by atoms with Gasteiger partial charge in [-0.15, -0.1) is 0 Å². The molecule has 1 aromatic heterocycles. The number of carbonyl (C=O) groups excluding carboxylic acids is 2. The van der Waals surface area contributed by atoms with E-state index in [1.54, 1.807) is 42.5 Å². The van der Waals surface area contributed by atoms with Crippen molar-refractivity contribution in [3.63, 3.8) is 0 Å². The molecule has 11 heteroatoms. The lowest BCUT2D eigenvalue weighted by molar-refractivity contribution is -0.384. The molecular weight excluding hydrogens is 516 g/mol. The standard InChI is InChI=1S/C26H23ClN4O5S/c1-16-13-18(14-24-25(32)30(26(33)37-24)20-5-3-19(27)4-6-20)17(2)29(16)21-7-8-22(23(15-21)31(34)35)28-9-11-36-12-10-28/h3-8,13-15H,9-12H2,1-2H3/b24-14-. The fourth-order valence-electron chi connectivity index (χ4n) is 4.62. The molecule has 2 aromatic carbocycles. The Morgan fingerprint density at radius 2 is 1.70 bits per heavy atom. The Morgan fingerprint density at radius 3 is 2.38 bits per heavy atom. The van der Waals surface area contributed by atoms with Crippen LogP contribution in [0.3, 0.4) is 0 Å². The maximum atomic E-state index is 13.1. The Morgan fingerprint density at radius 1 is 1.03 bits per heavy atom. The predicted molar refractivity (Wildman–Crippen MR) is 145 cm³/mol. The molecule has 190 valence electrons. The Balaban J connectivity index is 1.48. The van der Waals surface area contributed by atoms with E-state index in [-0.39, 0.29) is 15.8 Å². The number of morpholine rings is 1. The third kappa shape index (κ3) is 4.75. The number of aromatic nitrogens is 1. The second kappa shape index (κ2) is 10.0. The molecule has 0 aliphatic carbocycles. The fourth-order valence-corrected chi connectivity index (χ4v) is 5.58. The highest BCUT2D eigenvalue weighted by atomic mass is 35.5. The van der Waals surface area contributed by atoms with Gasteiger partial charge in [0.25, 0.3) is 16.8 Å². The monoisotopic (exact) mass is 538 g/mol. The van der Waals surface area contributed by atoms with Crippen LogP contribution in [0.5, 0.6) is 0 Å². The van der Waals surface area contributed by atoms with Gasteiger partial charge in [-0.2, -0.15) is 0 Å². The zero-order valence-electron chi connectivity index (χ0n) is 20.1. The smallest absolute Gasteiger partial charge is 0.298 e. The fraction of sp³-hybridized carbons (Fsp3) is 0.231. The number of ether oxygens (including phenoxy) is 1. The average molecular weight is 539 g/mol. The van der Waals surface area contributed by atoms with E-state index in [2.05, 4.69) is 0 Å². The number of nitro benzene ring substituents is 1. The molecule has 37 heavy (non-hydrogen) atoms. The zero-order valence-corrected chi connectivity index (χ0v) is 21.7. The number of anilines is 2. The average Bonchev–Trinajstić information content (AvgIpc) is 3.33. The van der Waals surface area contributed by atoms with Crippen molar-refractivity contribution in [2.75, 3.05) is 36.1 Å². The summed E-state index contributed by atoms with van der Waals surface area (Å²) in [6, 6.07) is 13.6. The van der Waals surface area contributed by atoms with E-state index < -0.39 is 5.91 Å². The van der Waals surface area contributed by atoms with Crippen LogP contribution in [-0.4, -0.2) is 46.9 Å². The molecule has 3 heterocycles. The second-order valence-corrected chi connectivity index (χ2v) is 10.1. The van der Waals surface area contributed by atoms with E-state index >= 15 is 0 Å². The molecular formula is C26H23ClN4O5S. The van der Waals surface area contributed by atoms with Crippen molar-refractivity contribution in [1.82, 2.24) is 4.57 Å². The Bertz CT molecular complexity index is 1440. The summed E-state index contributed by atoms with van der Waals surface area (Å²) >= 11 is 6.81. The quantitative estimate of drug-likeness (QED) is 0.232. The van der Waals surface area contributed by atoms with Gasteiger partial charge in [-0.25, -0.2) is 4.90 Å². The molecule has 0 bridgehead atoms. The van der Waals surface area contributed by atoms with Gasteiger partial charge in [-0.1, -0.05) is 11.6 Å². The van der Waals surface area contributed by atoms with E-state index in [9.17, 15) is 19.7 Å². The minimum absolute atomic E-state index is 0.0255. The van der Waals surface area contributed by atoms with Crippen molar-refractivity contribution >= 4 is 57.6 Å². The molecule has 2 saturated heterocycles. The minimum Gasteiger partial charge on any atom is -0.378 e. The van der Waals surface area contributed by atoms with Gasteiger partial charge >= 0.3 is 0 Å². The number of amides is 2. The molecule has 0 saturated carbocycles. The first-order valence-corrected chi connectivity index (χ1v) is 12.8. The van der Waals surface area contributed by atoms with Gasteiger partial charge < -0.3 is 14.2 Å². The highest BCUT2D eigenvalue weighted by molar-refractivity contribution is 8.19. The molecule has 2 amide bonds. The number of carbonyl (C=O) groups is 2. The molecule has 9 nitrogen and oxygen atoms in total. The van der Waals surface area contributed by atoms with Crippen molar-refractivity contribution in [1.29, 1.82) is 0 Å². The number of nitrogens with zero attached hydrogens (tertiary/aromatic N) is 4. The highest BCUT2D eigenvalue weighted by Crippen LogP contribution is 2.38. The van der Waals surface area contributed by atoms with Crippen LogP contribution in [0.1, 0.15) is 17.0 Å². The summed E-state index contributed by atoms with van der Waals surface area (Å²) in [4.78, 5) is 40.7. The number of imide groups is 1. The maximum Gasteiger partial charge on any atom is 0.298 e. The third-order valence-electron chi connectivity index (χ3n) is 6.40. The zero-order chi connectivity index (χ0) is 26.3. The summed E-state index contributed by atoms with van der Waals surface area (Å²) in [5, 5.41) is 12.1. The molecule has 0 radical (unpaired) electrons. The van der Waals surface area contributed by atoms with Crippen LogP contribution < -0.4 is 9.80 Å². The minimum atomic E-state index is -0.410. The largest absolute Gasteiger partial charge is 0.378 e. The number of aryl methyl sites for hydroxylation is 1. The van der Waals surface area contributed by atoms with Gasteiger partial charge in [0.2, 0.25) is 0 Å². The van der Waals surface area contributed by atoms with E-state index in [0.717, 1.165) is 33.6 Å². The van der Waals surface area contributed by atoms with Crippen LogP contribution in [0, 0.1) is 24.0 Å². The summed E-state index contributed by atoms with van der Waals surface area (Å²) in [5.41, 5.74) is 4.08. The molecule has 0 unspecified atom stereocenters. The van der Waals surface area contributed by atoms with Crippen LogP contribution in [0.4, 0.5) is 21.9 Å². The van der Waals surface area contributed by atoms with Crippen molar-refractivity contribution < 1.29 is 19.2 Å². The topological polar surface area (TPSA) is 97.9 Å². The molecule has 2 aliphatic rings. The molecule has 2 fully saturated rings. The van der Waals surface area contributed by atoms with Gasteiger partial charge in [0, 0.05) is 35.6 Å². The summed E-state index contributed by atoms with van der Waals surface area (Å²) in [5.74, 6) is -0.410. The normalized spacial score (nSPS) is 17.2. The van der Waals surface area contributed by atoms with Crippen molar-refractivity contribution in [3.05, 3.63) is 85.5 Å². The lowest BCUT2D eigenvalue weighted by Gasteiger charge is -2.28. The summed E-state index contributed by atoms with van der Waals surface area (Å²) < 4.78 is 7.29. The number of rotatable bonds is 5. The van der Waals surface area contributed by atoms with Crippen molar-refractivity contribution in [2.24, 2.45) is 0 Å². The predicted octanol–water partition coefficient (Wildman–Crippen LogP) is 5.73. The Labute approximate surface area is 222 Å². The van der Waals surface area contributed by atoms with Gasteiger partial charge in [-0.3, -0.25) is 19.7 Å². The van der Waals surface area contributed by atoms with Crippen LogP contribution in [0.25, 0.3) is 11.8 Å². The van der Waals surface area contributed by atoms with Crippen LogP contribution in [0.2, 0.25) is 5.02 Å². The van der Waals surface area contributed by atoms with E-state index in [4.69, 9.17) is 16.3 Å². The lowest BCUT2D eigenvalue weighted by Crippen LogP contribution is -2.36. The molecule has 0 spiro atoms. The Hall–Kier alpha value is -3.60. The SMILES string of the molecule is Cc1cc(/C=C2\SC(=O)N(c3ccc(Cl)cc3)C2=O)c(C)n1-c1ccc(N2CCOCC2)c([N+](=O)[O-])c1. The highest BCUT2D eigenvalue weighted by Gasteiger charge is 2.36. The summed E-state index contributed by atoms with van der Waals surface area (Å²) in [7, 11) is 0. The number of halogens is 1. The molecule has 0 N–H and O–H groups in total. The van der Waals surface area contributed by atoms with Crippen molar-refractivity contribution in [2.45, 2.75) is 13.8 Å². The summed E-state index contributed by atoms with van der Waals surface area (Å²) in [6.45, 7) is 6.02. The van der Waals surface area contributed by atoms with Crippen LogP contribution >= 0.6 is 23.4 Å². The molecule has 5 rings (SSSR count). The van der Waals surface area contributed by atoms with E-state index in [1.807, 2.05) is 35.4 Å².